The van der Waals surface area contributed by atoms with Gasteiger partial charge in [-0.05, 0) is 49.4 Å². The lowest BCUT2D eigenvalue weighted by Gasteiger charge is -2.27. The van der Waals surface area contributed by atoms with Gasteiger partial charge in [0, 0.05) is 23.2 Å². The van der Waals surface area contributed by atoms with E-state index in [0.717, 1.165) is 41.6 Å². The van der Waals surface area contributed by atoms with Crippen LogP contribution < -0.4 is 10.6 Å². The van der Waals surface area contributed by atoms with Crippen molar-refractivity contribution < 1.29 is 10.1 Å². The molecule has 3 N–H and O–H groups in total. The molecule has 0 saturated heterocycles. The first kappa shape index (κ1) is 19.4. The highest BCUT2D eigenvalue weighted by atomic mass is 16.2. The Labute approximate surface area is 173 Å². The van der Waals surface area contributed by atoms with E-state index in [0.29, 0.717) is 6.04 Å². The van der Waals surface area contributed by atoms with E-state index in [-0.39, 0.29) is 11.9 Å². The fourth-order valence-corrected chi connectivity index (χ4v) is 4.31. The number of nitrogens with two attached hydrogens (primary N) is 1. The molecule has 0 bridgehead atoms. The van der Waals surface area contributed by atoms with Crippen molar-refractivity contribution in [1.29, 1.82) is 0 Å². The van der Waals surface area contributed by atoms with Gasteiger partial charge in [-0.15, -0.1) is 0 Å². The summed E-state index contributed by atoms with van der Waals surface area (Å²) in [6.07, 6.45) is 3.39. The standard InChI is InChI=1S/C26H28N2O/c1-18-15-16-19(2)24(17-18)28-26(29)25(21-10-4-3-5-11-21)27-23-14-8-12-20-9-6-7-13-22(20)23/h3-7,9-11,13,15-17,23,25,27H,8,12,14H2,1-2H3,(H,28,29)/p+1/t23-,25+/m0/s1. The Balaban J connectivity index is 1.63. The van der Waals surface area contributed by atoms with Gasteiger partial charge >= 0.3 is 0 Å². The predicted octanol–water partition coefficient (Wildman–Crippen LogP) is 4.62. The first-order chi connectivity index (χ1) is 14.1. The number of nitrogens with one attached hydrogen (secondary N) is 1. The Hall–Kier alpha value is -2.91. The molecule has 1 aliphatic rings. The summed E-state index contributed by atoms with van der Waals surface area (Å²) in [5.41, 5.74) is 6.96. The normalized spacial score (nSPS) is 16.7. The van der Waals surface area contributed by atoms with Crippen LogP contribution in [0.25, 0.3) is 0 Å². The van der Waals surface area contributed by atoms with Gasteiger partial charge in [0.15, 0.2) is 6.04 Å². The van der Waals surface area contributed by atoms with Crippen molar-refractivity contribution in [1.82, 2.24) is 0 Å². The Morgan fingerprint density at radius 3 is 2.59 bits per heavy atom. The zero-order valence-electron chi connectivity index (χ0n) is 17.2. The van der Waals surface area contributed by atoms with E-state index in [1.165, 1.54) is 11.1 Å². The van der Waals surface area contributed by atoms with Crippen LogP contribution >= 0.6 is 0 Å². The Morgan fingerprint density at radius 2 is 1.76 bits per heavy atom. The van der Waals surface area contributed by atoms with Crippen LogP contribution in [0.1, 0.15) is 52.7 Å². The number of hydrogen-bond acceptors (Lipinski definition) is 1. The van der Waals surface area contributed by atoms with Crippen molar-refractivity contribution in [3.05, 3.63) is 101 Å². The Kier molecular flexibility index (Phi) is 5.77. The molecule has 4 rings (SSSR count). The fraction of sp³-hybridized carbons (Fsp3) is 0.269. The third kappa shape index (κ3) is 4.41. The minimum absolute atomic E-state index is 0.0351. The van der Waals surface area contributed by atoms with E-state index in [1.54, 1.807) is 0 Å². The van der Waals surface area contributed by atoms with Gasteiger partial charge < -0.3 is 10.6 Å². The zero-order chi connectivity index (χ0) is 20.2. The first-order valence-corrected chi connectivity index (χ1v) is 10.5. The molecule has 2 atom stereocenters. The van der Waals surface area contributed by atoms with Crippen LogP contribution in [-0.2, 0) is 11.2 Å². The van der Waals surface area contributed by atoms with Gasteiger partial charge in [-0.1, -0.05) is 66.7 Å². The molecule has 29 heavy (non-hydrogen) atoms. The minimum atomic E-state index is -0.285. The lowest BCUT2D eigenvalue weighted by molar-refractivity contribution is -0.723. The lowest BCUT2D eigenvalue weighted by atomic mass is 9.87. The second kappa shape index (κ2) is 8.62. The van der Waals surface area contributed by atoms with Crippen molar-refractivity contribution in [3.8, 4) is 0 Å². The average molecular weight is 386 g/mol. The third-order valence-electron chi connectivity index (χ3n) is 5.93. The van der Waals surface area contributed by atoms with E-state index in [4.69, 9.17) is 0 Å². The van der Waals surface area contributed by atoms with Crippen LogP contribution in [-0.4, -0.2) is 5.91 Å². The van der Waals surface area contributed by atoms with Gasteiger partial charge in [0.05, 0.1) is 0 Å². The number of anilines is 1. The summed E-state index contributed by atoms with van der Waals surface area (Å²) in [5.74, 6) is 0.0351. The van der Waals surface area contributed by atoms with Crippen molar-refractivity contribution in [3.63, 3.8) is 0 Å². The minimum Gasteiger partial charge on any atom is -0.326 e. The van der Waals surface area contributed by atoms with Gasteiger partial charge in [0.2, 0.25) is 0 Å². The maximum Gasteiger partial charge on any atom is 0.287 e. The summed E-state index contributed by atoms with van der Waals surface area (Å²) >= 11 is 0. The number of carbonyl (C=O) groups excluding carboxylic acids is 1. The van der Waals surface area contributed by atoms with Crippen LogP contribution in [0.3, 0.4) is 0 Å². The maximum absolute atomic E-state index is 13.4. The van der Waals surface area contributed by atoms with Crippen LogP contribution in [0, 0.1) is 13.8 Å². The van der Waals surface area contributed by atoms with Gasteiger partial charge in [-0.2, -0.15) is 0 Å². The number of fused-ring (bicyclic) bond motifs is 1. The summed E-state index contributed by atoms with van der Waals surface area (Å²) < 4.78 is 0. The number of amides is 1. The molecular formula is C26H29N2O+. The number of carbonyl (C=O) groups is 1. The average Bonchev–Trinajstić information content (AvgIpc) is 2.75. The lowest BCUT2D eigenvalue weighted by Crippen LogP contribution is -2.88. The number of hydrogen-bond donors (Lipinski definition) is 2. The molecule has 0 fully saturated rings. The molecule has 3 heteroatoms. The molecule has 1 amide bonds. The van der Waals surface area contributed by atoms with Crippen molar-refractivity contribution in [2.24, 2.45) is 0 Å². The van der Waals surface area contributed by atoms with Crippen LogP contribution in [0.2, 0.25) is 0 Å². The van der Waals surface area contributed by atoms with Crippen molar-refractivity contribution in [2.45, 2.75) is 45.2 Å². The summed E-state index contributed by atoms with van der Waals surface area (Å²) in [5, 5.41) is 5.45. The molecule has 3 aromatic rings. The van der Waals surface area contributed by atoms with E-state index < -0.39 is 0 Å². The summed E-state index contributed by atoms with van der Waals surface area (Å²) in [7, 11) is 0. The monoisotopic (exact) mass is 385 g/mol. The van der Waals surface area contributed by atoms with Crippen molar-refractivity contribution in [2.75, 3.05) is 5.32 Å². The molecule has 0 heterocycles. The fourth-order valence-electron chi connectivity index (χ4n) is 4.31. The van der Waals surface area contributed by atoms with E-state index in [9.17, 15) is 4.79 Å². The molecule has 3 aromatic carbocycles. The quantitative estimate of drug-likeness (QED) is 0.661. The van der Waals surface area contributed by atoms with Crippen molar-refractivity contribution >= 4 is 11.6 Å². The van der Waals surface area contributed by atoms with E-state index in [1.807, 2.05) is 31.2 Å². The van der Waals surface area contributed by atoms with Gasteiger partial charge in [0.1, 0.15) is 6.04 Å². The number of quaternary nitrogens is 1. The Morgan fingerprint density at radius 1 is 1.00 bits per heavy atom. The van der Waals surface area contributed by atoms with Gasteiger partial charge in [-0.25, -0.2) is 0 Å². The maximum atomic E-state index is 13.4. The zero-order valence-corrected chi connectivity index (χ0v) is 17.2. The van der Waals surface area contributed by atoms with E-state index >= 15 is 0 Å². The number of rotatable bonds is 5. The molecule has 148 valence electrons. The molecular weight excluding hydrogens is 356 g/mol. The van der Waals surface area contributed by atoms with Gasteiger partial charge in [0.25, 0.3) is 5.91 Å². The highest BCUT2D eigenvalue weighted by molar-refractivity contribution is 5.95. The first-order valence-electron chi connectivity index (χ1n) is 10.5. The largest absolute Gasteiger partial charge is 0.326 e. The second-order valence-corrected chi connectivity index (χ2v) is 8.09. The molecule has 0 aliphatic heterocycles. The topological polar surface area (TPSA) is 45.7 Å². The summed E-state index contributed by atoms with van der Waals surface area (Å²) in [6, 6.07) is 25.0. The molecule has 0 saturated carbocycles. The molecule has 0 radical (unpaired) electrons. The number of aryl methyl sites for hydroxylation is 3. The molecule has 3 nitrogen and oxygen atoms in total. The summed E-state index contributed by atoms with van der Waals surface area (Å²) in [6.45, 7) is 4.09. The molecule has 1 aliphatic carbocycles. The van der Waals surface area contributed by atoms with Gasteiger partial charge in [-0.3, -0.25) is 4.79 Å². The van der Waals surface area contributed by atoms with Crippen LogP contribution in [0.5, 0.6) is 0 Å². The van der Waals surface area contributed by atoms with Crippen LogP contribution in [0.4, 0.5) is 5.69 Å². The molecule has 0 spiro atoms. The van der Waals surface area contributed by atoms with E-state index in [2.05, 4.69) is 66.1 Å². The third-order valence-corrected chi connectivity index (χ3v) is 5.93. The Bertz CT molecular complexity index is 997. The number of benzene rings is 3. The smallest absolute Gasteiger partial charge is 0.287 e. The highest BCUT2D eigenvalue weighted by Crippen LogP contribution is 2.28. The molecule has 0 aromatic heterocycles. The second-order valence-electron chi connectivity index (χ2n) is 8.09. The predicted molar refractivity (Wildman–Crippen MR) is 118 cm³/mol. The SMILES string of the molecule is Cc1ccc(C)c(NC(=O)[C@H]([NH2+][C@H]2CCCc3ccccc32)c2ccccc2)c1. The molecule has 0 unspecified atom stereocenters. The van der Waals surface area contributed by atoms with Crippen LogP contribution in [0.15, 0.2) is 72.8 Å². The highest BCUT2D eigenvalue weighted by Gasteiger charge is 2.31. The summed E-state index contributed by atoms with van der Waals surface area (Å²) in [4.78, 5) is 13.4.